The summed E-state index contributed by atoms with van der Waals surface area (Å²) in [6.45, 7) is 0.172. The molecular weight excluding hydrogens is 336 g/mol. The molecule has 0 radical (unpaired) electrons. The smallest absolute Gasteiger partial charge is 0.281 e. The Bertz CT molecular complexity index is 833. The van der Waals surface area contributed by atoms with Crippen LogP contribution in [0.2, 0.25) is 0 Å². The first kappa shape index (κ1) is 15.1. The van der Waals surface area contributed by atoms with Crippen LogP contribution in [0.1, 0.15) is 24.8 Å². The Balaban J connectivity index is 1.21. The summed E-state index contributed by atoms with van der Waals surface area (Å²) >= 11 is 0. The van der Waals surface area contributed by atoms with Gasteiger partial charge >= 0.3 is 0 Å². The second-order valence-corrected chi connectivity index (χ2v) is 8.87. The van der Waals surface area contributed by atoms with Gasteiger partial charge in [-0.15, -0.1) is 0 Å². The molecule has 0 heterocycles. The van der Waals surface area contributed by atoms with E-state index in [9.17, 15) is 20.2 Å². The van der Waals surface area contributed by atoms with Gasteiger partial charge < -0.3 is 4.74 Å². The van der Waals surface area contributed by atoms with Crippen molar-refractivity contribution in [3.63, 3.8) is 0 Å². The van der Waals surface area contributed by atoms with E-state index in [1.807, 2.05) is 0 Å². The minimum Gasteiger partial charge on any atom is -0.373 e. The van der Waals surface area contributed by atoms with Crippen LogP contribution in [0.4, 0.5) is 11.4 Å². The number of nitrogens with zero attached hydrogens (tertiary/aromatic N) is 2. The zero-order valence-electron chi connectivity index (χ0n) is 14.2. The molecule has 0 amide bonds. The van der Waals surface area contributed by atoms with Gasteiger partial charge in [0.05, 0.1) is 34.2 Å². The lowest BCUT2D eigenvalue weighted by Gasteiger charge is -2.38. The molecule has 6 aliphatic carbocycles. The first-order valence-electron chi connectivity index (χ1n) is 9.59. The third-order valence-electron chi connectivity index (χ3n) is 8.44. The molecule has 9 atom stereocenters. The Morgan fingerprint density at radius 1 is 0.923 bits per heavy atom. The Hall–Kier alpha value is -2.02. The molecule has 1 aromatic carbocycles. The van der Waals surface area contributed by atoms with Crippen molar-refractivity contribution in [2.45, 2.75) is 32.0 Å². The van der Waals surface area contributed by atoms with Gasteiger partial charge in [0.2, 0.25) is 0 Å². The van der Waals surface area contributed by atoms with Crippen molar-refractivity contribution < 1.29 is 14.6 Å². The van der Waals surface area contributed by atoms with Crippen LogP contribution in [0.3, 0.4) is 0 Å². The van der Waals surface area contributed by atoms with Crippen molar-refractivity contribution in [3.05, 3.63) is 44.0 Å². The van der Waals surface area contributed by atoms with E-state index < -0.39 is 9.85 Å². The molecule has 0 saturated heterocycles. The van der Waals surface area contributed by atoms with Crippen molar-refractivity contribution in [2.24, 2.45) is 47.3 Å². The molecule has 6 saturated carbocycles. The Morgan fingerprint density at radius 3 is 2.35 bits per heavy atom. The molecule has 8 bridgehead atoms. The molecule has 136 valence electrons. The van der Waals surface area contributed by atoms with Gasteiger partial charge in [-0.3, -0.25) is 20.2 Å². The zero-order chi connectivity index (χ0) is 17.7. The highest BCUT2D eigenvalue weighted by Gasteiger charge is 2.79. The van der Waals surface area contributed by atoms with Crippen LogP contribution < -0.4 is 0 Å². The number of nitro benzene ring substituents is 2. The van der Waals surface area contributed by atoms with E-state index in [0.717, 1.165) is 53.9 Å². The largest absolute Gasteiger partial charge is 0.373 e. The highest BCUT2D eigenvalue weighted by atomic mass is 16.6. The van der Waals surface area contributed by atoms with Gasteiger partial charge in [-0.05, 0) is 72.7 Å². The lowest BCUT2D eigenvalue weighted by Crippen LogP contribution is -2.36. The van der Waals surface area contributed by atoms with E-state index in [2.05, 4.69) is 0 Å². The second kappa shape index (κ2) is 4.82. The maximum absolute atomic E-state index is 11.3. The summed E-state index contributed by atoms with van der Waals surface area (Å²) in [5.41, 5.74) is -0.0378. The first-order chi connectivity index (χ1) is 12.6. The van der Waals surface area contributed by atoms with Crippen molar-refractivity contribution in [1.82, 2.24) is 0 Å². The van der Waals surface area contributed by atoms with Crippen LogP contribution >= 0.6 is 0 Å². The minimum atomic E-state index is -0.605. The summed E-state index contributed by atoms with van der Waals surface area (Å²) in [7, 11) is 0. The van der Waals surface area contributed by atoms with E-state index in [1.165, 1.54) is 25.0 Å². The van der Waals surface area contributed by atoms with E-state index in [-0.39, 0.29) is 24.1 Å². The van der Waals surface area contributed by atoms with Crippen LogP contribution in [0.25, 0.3) is 0 Å². The van der Waals surface area contributed by atoms with Gasteiger partial charge in [-0.2, -0.15) is 0 Å². The number of ether oxygens (including phenoxy) is 1. The fourth-order valence-corrected chi connectivity index (χ4v) is 8.18. The zero-order valence-corrected chi connectivity index (χ0v) is 14.2. The molecule has 6 fully saturated rings. The molecule has 0 aliphatic heterocycles. The molecule has 26 heavy (non-hydrogen) atoms. The third kappa shape index (κ3) is 1.63. The summed E-state index contributed by atoms with van der Waals surface area (Å²) in [6, 6.07) is 3.83. The molecular formula is C19H20N2O5. The minimum absolute atomic E-state index is 0.172. The Kier molecular flexibility index (Phi) is 2.80. The fourth-order valence-electron chi connectivity index (χ4n) is 8.18. The van der Waals surface area contributed by atoms with Crippen LogP contribution in [-0.2, 0) is 11.3 Å². The summed E-state index contributed by atoms with van der Waals surface area (Å²) < 4.78 is 6.20. The van der Waals surface area contributed by atoms with Gasteiger partial charge in [-0.25, -0.2) is 0 Å². The van der Waals surface area contributed by atoms with Crippen molar-refractivity contribution >= 4 is 11.4 Å². The average molecular weight is 356 g/mol. The normalized spacial score (nSPS) is 45.8. The summed E-state index contributed by atoms with van der Waals surface area (Å²) in [5.74, 6) is 7.00. The Morgan fingerprint density at radius 2 is 1.62 bits per heavy atom. The van der Waals surface area contributed by atoms with Gasteiger partial charge in [0.15, 0.2) is 0 Å². The number of non-ortho nitro benzene ring substituents is 1. The van der Waals surface area contributed by atoms with E-state index in [0.29, 0.717) is 11.5 Å². The predicted molar refractivity (Wildman–Crippen MR) is 90.1 cm³/mol. The predicted octanol–water partition coefficient (Wildman–Crippen LogP) is 3.56. The van der Waals surface area contributed by atoms with Crippen molar-refractivity contribution in [3.8, 4) is 0 Å². The molecule has 1 aromatic rings. The fraction of sp³-hybridized carbons (Fsp3) is 0.684. The summed E-state index contributed by atoms with van der Waals surface area (Å²) in [6.07, 6.45) is 4.16. The molecule has 7 heteroatoms. The lowest BCUT2D eigenvalue weighted by atomic mass is 9.70. The van der Waals surface area contributed by atoms with E-state index >= 15 is 0 Å². The lowest BCUT2D eigenvalue weighted by molar-refractivity contribution is -0.394. The molecule has 0 aromatic heterocycles. The maximum atomic E-state index is 11.3. The van der Waals surface area contributed by atoms with Gasteiger partial charge in [0, 0.05) is 6.07 Å². The number of benzene rings is 1. The van der Waals surface area contributed by atoms with E-state index in [1.54, 1.807) is 0 Å². The van der Waals surface area contributed by atoms with Crippen LogP contribution in [-0.4, -0.2) is 16.0 Å². The molecule has 0 spiro atoms. The van der Waals surface area contributed by atoms with E-state index in [4.69, 9.17) is 4.74 Å². The highest BCUT2D eigenvalue weighted by Crippen LogP contribution is 2.82. The van der Waals surface area contributed by atoms with Crippen LogP contribution in [0, 0.1) is 67.6 Å². The molecule has 6 aliphatic rings. The summed E-state index contributed by atoms with van der Waals surface area (Å²) in [4.78, 5) is 21.0. The molecule has 0 unspecified atom stereocenters. The van der Waals surface area contributed by atoms with Crippen molar-refractivity contribution in [2.75, 3.05) is 0 Å². The molecule has 0 N–H and O–H groups in total. The monoisotopic (exact) mass is 356 g/mol. The molecule has 7 nitrogen and oxygen atoms in total. The summed E-state index contributed by atoms with van der Waals surface area (Å²) in [5, 5.41) is 22.2. The van der Waals surface area contributed by atoms with Crippen LogP contribution in [0.5, 0.6) is 0 Å². The quantitative estimate of drug-likeness (QED) is 0.594. The van der Waals surface area contributed by atoms with Gasteiger partial charge in [-0.1, -0.05) is 0 Å². The standard InChI is InChI=1S/C19H20N2O5/c22-20(23)9-2-1-8(13(5-9)21(24)25)7-26-14-6-12-16-10-3-4-11-15(10)18(12)19(14)17(11)16/h1-2,5,10-12,14-19H,3-4,6-7H2/t10-,11-,12-,14-,15-,16+,17+,18-,19+/m1/s1. The number of nitro groups is 2. The van der Waals surface area contributed by atoms with Crippen molar-refractivity contribution in [1.29, 1.82) is 0 Å². The van der Waals surface area contributed by atoms with Crippen LogP contribution in [0.15, 0.2) is 18.2 Å². The third-order valence-corrected chi connectivity index (χ3v) is 8.44. The molecule has 7 rings (SSSR count). The highest BCUT2D eigenvalue weighted by molar-refractivity contribution is 5.48. The average Bonchev–Trinajstić information content (AvgIpc) is 3.41. The number of hydrogen-bond donors (Lipinski definition) is 0. The van der Waals surface area contributed by atoms with Gasteiger partial charge in [0.1, 0.15) is 0 Å². The second-order valence-electron chi connectivity index (χ2n) is 8.87. The first-order valence-corrected chi connectivity index (χ1v) is 9.59. The Labute approximate surface area is 150 Å². The SMILES string of the molecule is O=[N+]([O-])c1ccc(CO[C@@H]2C[C@@H]3[C@@H]4[C@@H]5CC[C@@H]6[C@@H]5[C@@H]3[C@@H]2[C@@H]64)c([N+](=O)[O-])c1. The maximum Gasteiger partial charge on any atom is 0.281 e. The topological polar surface area (TPSA) is 95.5 Å². The number of hydrogen-bond acceptors (Lipinski definition) is 5. The number of rotatable bonds is 5. The van der Waals surface area contributed by atoms with Gasteiger partial charge in [0.25, 0.3) is 11.4 Å².